The Kier molecular flexibility index (Phi) is 5.84. The quantitative estimate of drug-likeness (QED) is 0.548. The summed E-state index contributed by atoms with van der Waals surface area (Å²) >= 11 is 12.6. The summed E-state index contributed by atoms with van der Waals surface area (Å²) in [5.74, 6) is 0.444. The molecule has 0 aliphatic rings. The van der Waals surface area contributed by atoms with Crippen molar-refractivity contribution in [1.29, 1.82) is 0 Å². The van der Waals surface area contributed by atoms with E-state index in [1.54, 1.807) is 12.1 Å². The van der Waals surface area contributed by atoms with Crippen molar-refractivity contribution in [1.82, 2.24) is 4.72 Å². The third kappa shape index (κ3) is 4.84. The highest BCUT2D eigenvalue weighted by Gasteiger charge is 2.22. The molecule has 0 fully saturated rings. The van der Waals surface area contributed by atoms with E-state index in [0.29, 0.717) is 5.76 Å². The lowest BCUT2D eigenvalue weighted by Gasteiger charge is -2.10. The van der Waals surface area contributed by atoms with Gasteiger partial charge >= 0.3 is 0 Å². The molecule has 0 saturated carbocycles. The maximum Gasteiger partial charge on any atom is 0.264 e. The van der Waals surface area contributed by atoms with Crippen LogP contribution in [0.3, 0.4) is 0 Å². The zero-order valence-electron chi connectivity index (χ0n) is 13.3. The van der Waals surface area contributed by atoms with Gasteiger partial charge in [0.2, 0.25) is 10.0 Å². The molecule has 144 valence electrons. The number of halogens is 2. The van der Waals surface area contributed by atoms with Gasteiger partial charge < -0.3 is 4.42 Å². The zero-order chi connectivity index (χ0) is 19.7. The zero-order valence-corrected chi connectivity index (χ0v) is 17.3. The lowest BCUT2D eigenvalue weighted by Crippen LogP contribution is -2.23. The Morgan fingerprint density at radius 1 is 1.00 bits per heavy atom. The van der Waals surface area contributed by atoms with Gasteiger partial charge in [-0.3, -0.25) is 4.72 Å². The maximum absolute atomic E-state index is 12.5. The van der Waals surface area contributed by atoms with Crippen LogP contribution < -0.4 is 9.44 Å². The molecule has 0 atom stereocenters. The van der Waals surface area contributed by atoms with Gasteiger partial charge in [0, 0.05) is 0 Å². The molecule has 3 rings (SSSR count). The second kappa shape index (κ2) is 7.82. The highest BCUT2D eigenvalue weighted by molar-refractivity contribution is 7.93. The molecule has 3 aromatic rings. The third-order valence-corrected chi connectivity index (χ3v) is 7.86. The average molecular weight is 467 g/mol. The van der Waals surface area contributed by atoms with E-state index in [2.05, 4.69) is 9.44 Å². The number of hydrogen-bond acceptors (Lipinski definition) is 6. The van der Waals surface area contributed by atoms with E-state index >= 15 is 0 Å². The Bertz CT molecular complexity index is 1160. The van der Waals surface area contributed by atoms with Crippen molar-refractivity contribution < 1.29 is 21.3 Å². The molecular formula is C15H12Cl2N2O5S3. The number of nitrogens with one attached hydrogen (secondary N) is 2. The van der Waals surface area contributed by atoms with Crippen LogP contribution >= 0.6 is 34.5 Å². The van der Waals surface area contributed by atoms with Gasteiger partial charge in [-0.05, 0) is 36.4 Å². The second-order valence-corrected chi connectivity index (χ2v) is 10.9. The molecule has 0 radical (unpaired) electrons. The molecule has 0 saturated heterocycles. The molecule has 0 bridgehead atoms. The number of sulfonamides is 2. The van der Waals surface area contributed by atoms with Crippen LogP contribution in [0.2, 0.25) is 8.67 Å². The second-order valence-electron chi connectivity index (χ2n) is 5.23. The number of furan rings is 1. The first-order chi connectivity index (χ1) is 12.7. The SMILES string of the molecule is O=S(=O)(NCc1ccco1)c1cccc(NS(=O)(=O)c2cc(Cl)sc2Cl)c1. The Morgan fingerprint density at radius 2 is 1.78 bits per heavy atom. The van der Waals surface area contributed by atoms with E-state index in [1.807, 2.05) is 0 Å². The van der Waals surface area contributed by atoms with Crippen molar-refractivity contribution in [3.05, 3.63) is 63.2 Å². The summed E-state index contributed by atoms with van der Waals surface area (Å²) in [7, 11) is -7.89. The molecule has 2 heterocycles. The van der Waals surface area contributed by atoms with Crippen molar-refractivity contribution in [3.8, 4) is 0 Å². The van der Waals surface area contributed by atoms with Crippen molar-refractivity contribution in [2.75, 3.05) is 4.72 Å². The Hall–Kier alpha value is -1.56. The topological polar surface area (TPSA) is 105 Å². The van der Waals surface area contributed by atoms with Crippen LogP contribution in [-0.4, -0.2) is 16.8 Å². The number of rotatable bonds is 7. The molecule has 7 nitrogen and oxygen atoms in total. The summed E-state index contributed by atoms with van der Waals surface area (Å²) < 4.78 is 59.7. The molecule has 0 aliphatic heterocycles. The first-order valence-corrected chi connectivity index (χ1v) is 11.8. The summed E-state index contributed by atoms with van der Waals surface area (Å²) in [4.78, 5) is -0.285. The highest BCUT2D eigenvalue weighted by atomic mass is 35.5. The smallest absolute Gasteiger partial charge is 0.264 e. The van der Waals surface area contributed by atoms with Gasteiger partial charge in [-0.15, -0.1) is 11.3 Å². The molecule has 27 heavy (non-hydrogen) atoms. The summed E-state index contributed by atoms with van der Waals surface area (Å²) in [5.41, 5.74) is 0.0641. The lowest BCUT2D eigenvalue weighted by molar-refractivity contribution is 0.498. The maximum atomic E-state index is 12.5. The van der Waals surface area contributed by atoms with Crippen LogP contribution in [0.15, 0.2) is 62.9 Å². The van der Waals surface area contributed by atoms with Gasteiger partial charge in [-0.25, -0.2) is 21.6 Å². The van der Waals surface area contributed by atoms with Crippen LogP contribution in [-0.2, 0) is 26.6 Å². The highest BCUT2D eigenvalue weighted by Crippen LogP contribution is 2.35. The molecule has 1 aromatic carbocycles. The minimum atomic E-state index is -4.02. The van der Waals surface area contributed by atoms with Gasteiger partial charge in [0.1, 0.15) is 15.0 Å². The Morgan fingerprint density at radius 3 is 2.41 bits per heavy atom. The van der Waals surface area contributed by atoms with Crippen molar-refractivity contribution in [3.63, 3.8) is 0 Å². The number of thiophene rings is 1. The first-order valence-electron chi connectivity index (χ1n) is 7.27. The van der Waals surface area contributed by atoms with Crippen molar-refractivity contribution in [2.45, 2.75) is 16.3 Å². The van der Waals surface area contributed by atoms with Crippen LogP contribution in [0.5, 0.6) is 0 Å². The predicted octanol–water partition coefficient (Wildman–Crippen LogP) is 3.93. The fourth-order valence-corrected chi connectivity index (χ4v) is 6.35. The molecule has 0 aliphatic carbocycles. The lowest BCUT2D eigenvalue weighted by atomic mass is 10.3. The Balaban J connectivity index is 1.82. The van der Waals surface area contributed by atoms with E-state index < -0.39 is 20.0 Å². The fourth-order valence-electron chi connectivity index (χ4n) is 2.11. The van der Waals surface area contributed by atoms with Gasteiger partial charge in [-0.2, -0.15) is 0 Å². The predicted molar refractivity (Wildman–Crippen MR) is 104 cm³/mol. The molecule has 0 unspecified atom stereocenters. The normalized spacial score (nSPS) is 12.2. The molecule has 0 amide bonds. The number of anilines is 1. The van der Waals surface area contributed by atoms with Gasteiger partial charge in [-0.1, -0.05) is 29.3 Å². The van der Waals surface area contributed by atoms with E-state index in [9.17, 15) is 16.8 Å². The molecule has 12 heteroatoms. The average Bonchev–Trinajstić information content (AvgIpc) is 3.22. The minimum Gasteiger partial charge on any atom is -0.468 e. The largest absolute Gasteiger partial charge is 0.468 e. The fraction of sp³-hybridized carbons (Fsp3) is 0.0667. The monoisotopic (exact) mass is 466 g/mol. The van der Waals surface area contributed by atoms with Crippen LogP contribution in [0, 0.1) is 0 Å². The van der Waals surface area contributed by atoms with E-state index in [-0.39, 0.29) is 30.7 Å². The van der Waals surface area contributed by atoms with Gasteiger partial charge in [0.25, 0.3) is 10.0 Å². The van der Waals surface area contributed by atoms with Crippen molar-refractivity contribution in [2.24, 2.45) is 0 Å². The van der Waals surface area contributed by atoms with E-state index in [0.717, 1.165) is 11.3 Å². The van der Waals surface area contributed by atoms with Crippen LogP contribution in [0.4, 0.5) is 5.69 Å². The minimum absolute atomic E-state index is 0.0105. The molecule has 2 aromatic heterocycles. The third-order valence-electron chi connectivity index (χ3n) is 3.33. The molecule has 0 spiro atoms. The summed E-state index contributed by atoms with van der Waals surface area (Å²) in [6, 6.07) is 9.87. The van der Waals surface area contributed by atoms with Crippen LogP contribution in [0.1, 0.15) is 5.76 Å². The van der Waals surface area contributed by atoms with E-state index in [1.165, 1.54) is 36.6 Å². The number of benzene rings is 1. The first kappa shape index (κ1) is 20.2. The molecular weight excluding hydrogens is 455 g/mol. The van der Waals surface area contributed by atoms with Crippen molar-refractivity contribution >= 4 is 60.3 Å². The summed E-state index contributed by atoms with van der Waals surface area (Å²) in [6.07, 6.45) is 1.43. The van der Waals surface area contributed by atoms with Crippen LogP contribution in [0.25, 0.3) is 0 Å². The van der Waals surface area contributed by atoms with Gasteiger partial charge in [0.05, 0.1) is 27.7 Å². The van der Waals surface area contributed by atoms with Gasteiger partial charge in [0.15, 0.2) is 0 Å². The standard InChI is InChI=1S/C15H12Cl2N2O5S3/c16-14-8-13(15(17)25-14)27(22,23)19-10-3-1-5-12(7-10)26(20,21)18-9-11-4-2-6-24-11/h1-8,18-19H,9H2. The summed E-state index contributed by atoms with van der Waals surface area (Å²) in [6.45, 7) is -0.0334. The number of hydrogen-bond donors (Lipinski definition) is 2. The van der Waals surface area contributed by atoms with E-state index in [4.69, 9.17) is 27.6 Å². The molecule has 2 N–H and O–H groups in total. The Labute approximate surface area is 170 Å². The summed E-state index contributed by atoms with van der Waals surface area (Å²) in [5, 5.41) is 0.